The molecule has 3 rings (SSSR count). The second-order valence-electron chi connectivity index (χ2n) is 6.12. The standard InChI is InChI=1S/C20H22N4O2/c1-14(25)21-10-2-3-11-24-20(26)16-6-4-15(5-7-16)19-17-8-12-22-18(17)9-13-23-19/h4-9,12-13,22H,2-3,10-11H2,1H3,(H,21,25)(H,24,26). The van der Waals surface area contributed by atoms with Crippen molar-refractivity contribution in [2.75, 3.05) is 13.1 Å². The highest BCUT2D eigenvalue weighted by Gasteiger charge is 2.08. The van der Waals surface area contributed by atoms with Gasteiger partial charge in [0.05, 0.1) is 5.69 Å². The topological polar surface area (TPSA) is 86.9 Å². The highest BCUT2D eigenvalue weighted by atomic mass is 16.2. The Morgan fingerprint density at radius 1 is 1.00 bits per heavy atom. The van der Waals surface area contributed by atoms with Crippen molar-refractivity contribution in [1.82, 2.24) is 20.6 Å². The third kappa shape index (κ3) is 4.27. The highest BCUT2D eigenvalue weighted by molar-refractivity contribution is 5.96. The fourth-order valence-electron chi connectivity index (χ4n) is 2.81. The average molecular weight is 350 g/mol. The SMILES string of the molecule is CC(=O)NCCCCNC(=O)c1ccc(-c2nccc3[nH]ccc23)cc1. The van der Waals surface area contributed by atoms with Crippen LogP contribution in [0.5, 0.6) is 0 Å². The van der Waals surface area contributed by atoms with E-state index in [4.69, 9.17) is 0 Å². The smallest absolute Gasteiger partial charge is 0.251 e. The molecule has 2 heterocycles. The van der Waals surface area contributed by atoms with Crippen LogP contribution in [0, 0.1) is 0 Å². The molecule has 0 atom stereocenters. The van der Waals surface area contributed by atoms with Crippen molar-refractivity contribution in [1.29, 1.82) is 0 Å². The van der Waals surface area contributed by atoms with Gasteiger partial charge in [-0.15, -0.1) is 0 Å². The minimum atomic E-state index is -0.0936. The van der Waals surface area contributed by atoms with E-state index < -0.39 is 0 Å². The van der Waals surface area contributed by atoms with Gasteiger partial charge in [0.25, 0.3) is 5.91 Å². The van der Waals surface area contributed by atoms with Crippen LogP contribution in [0.25, 0.3) is 22.2 Å². The molecule has 3 aromatic rings. The summed E-state index contributed by atoms with van der Waals surface area (Å²) in [5, 5.41) is 6.70. The minimum Gasteiger partial charge on any atom is -0.361 e. The number of nitrogens with one attached hydrogen (secondary N) is 3. The number of benzene rings is 1. The normalized spacial score (nSPS) is 10.7. The molecule has 2 amide bonds. The Hall–Kier alpha value is -3.15. The average Bonchev–Trinajstić information content (AvgIpc) is 3.13. The Morgan fingerprint density at radius 2 is 1.73 bits per heavy atom. The molecule has 0 aliphatic heterocycles. The molecule has 1 aromatic carbocycles. The van der Waals surface area contributed by atoms with Gasteiger partial charge in [0, 0.05) is 54.4 Å². The second-order valence-corrected chi connectivity index (χ2v) is 6.12. The fourth-order valence-corrected chi connectivity index (χ4v) is 2.81. The van der Waals surface area contributed by atoms with Crippen LogP contribution in [0.15, 0.2) is 48.8 Å². The molecule has 6 heteroatoms. The van der Waals surface area contributed by atoms with E-state index in [0.717, 1.165) is 35.0 Å². The number of hydrogen-bond acceptors (Lipinski definition) is 3. The summed E-state index contributed by atoms with van der Waals surface area (Å²) in [5.74, 6) is -0.122. The van der Waals surface area contributed by atoms with Crippen molar-refractivity contribution in [3.63, 3.8) is 0 Å². The zero-order valence-corrected chi connectivity index (χ0v) is 14.7. The van der Waals surface area contributed by atoms with Gasteiger partial charge in [-0.05, 0) is 37.1 Å². The summed E-state index contributed by atoms with van der Waals surface area (Å²) in [6.07, 6.45) is 5.33. The first-order valence-corrected chi connectivity index (χ1v) is 8.70. The van der Waals surface area contributed by atoms with Crippen molar-refractivity contribution in [2.24, 2.45) is 0 Å². The molecule has 0 unspecified atom stereocenters. The molecule has 0 saturated carbocycles. The fraction of sp³-hybridized carbons (Fsp3) is 0.250. The molecular formula is C20H22N4O2. The number of amides is 2. The number of carbonyl (C=O) groups excluding carboxylic acids is 2. The summed E-state index contributed by atoms with van der Waals surface area (Å²) < 4.78 is 0. The van der Waals surface area contributed by atoms with Crippen LogP contribution in [-0.2, 0) is 4.79 Å². The van der Waals surface area contributed by atoms with Gasteiger partial charge < -0.3 is 15.6 Å². The van der Waals surface area contributed by atoms with Crippen molar-refractivity contribution in [3.8, 4) is 11.3 Å². The van der Waals surface area contributed by atoms with Gasteiger partial charge in [0.1, 0.15) is 0 Å². The molecular weight excluding hydrogens is 328 g/mol. The van der Waals surface area contributed by atoms with E-state index in [2.05, 4.69) is 20.6 Å². The van der Waals surface area contributed by atoms with E-state index in [1.165, 1.54) is 6.92 Å². The third-order valence-corrected chi connectivity index (χ3v) is 4.16. The zero-order valence-electron chi connectivity index (χ0n) is 14.7. The monoisotopic (exact) mass is 350 g/mol. The molecule has 0 fully saturated rings. The zero-order chi connectivity index (χ0) is 18.4. The van der Waals surface area contributed by atoms with E-state index in [0.29, 0.717) is 18.7 Å². The number of aromatic nitrogens is 2. The predicted octanol–water partition coefficient (Wildman–Crippen LogP) is 2.88. The number of H-pyrrole nitrogens is 1. The highest BCUT2D eigenvalue weighted by Crippen LogP contribution is 2.25. The van der Waals surface area contributed by atoms with E-state index in [9.17, 15) is 9.59 Å². The van der Waals surface area contributed by atoms with Gasteiger partial charge in [-0.2, -0.15) is 0 Å². The van der Waals surface area contributed by atoms with Crippen LogP contribution in [0.1, 0.15) is 30.1 Å². The second kappa shape index (κ2) is 8.29. The number of aromatic amines is 1. The Labute approximate surface area is 152 Å². The number of rotatable bonds is 7. The van der Waals surface area contributed by atoms with Crippen LogP contribution in [0.4, 0.5) is 0 Å². The van der Waals surface area contributed by atoms with Gasteiger partial charge >= 0.3 is 0 Å². The van der Waals surface area contributed by atoms with Crippen molar-refractivity contribution in [2.45, 2.75) is 19.8 Å². The molecule has 26 heavy (non-hydrogen) atoms. The molecule has 6 nitrogen and oxygen atoms in total. The lowest BCUT2D eigenvalue weighted by molar-refractivity contribution is -0.118. The van der Waals surface area contributed by atoms with Gasteiger partial charge in [-0.25, -0.2) is 0 Å². The van der Waals surface area contributed by atoms with Crippen LogP contribution in [0.2, 0.25) is 0 Å². The summed E-state index contributed by atoms with van der Waals surface area (Å²) >= 11 is 0. The molecule has 0 spiro atoms. The molecule has 0 radical (unpaired) electrons. The lowest BCUT2D eigenvalue weighted by atomic mass is 10.1. The summed E-state index contributed by atoms with van der Waals surface area (Å²) in [7, 11) is 0. The van der Waals surface area contributed by atoms with Crippen LogP contribution >= 0.6 is 0 Å². The molecule has 3 N–H and O–H groups in total. The number of carbonyl (C=O) groups is 2. The molecule has 0 aliphatic carbocycles. The Bertz CT molecular complexity index is 900. The maximum atomic E-state index is 12.2. The summed E-state index contributed by atoms with van der Waals surface area (Å²) in [6.45, 7) is 2.72. The van der Waals surface area contributed by atoms with Crippen molar-refractivity contribution in [3.05, 3.63) is 54.4 Å². The lowest BCUT2D eigenvalue weighted by Gasteiger charge is -2.07. The molecule has 0 aliphatic rings. The lowest BCUT2D eigenvalue weighted by Crippen LogP contribution is -2.26. The first-order chi connectivity index (χ1) is 12.6. The van der Waals surface area contributed by atoms with E-state index in [1.54, 1.807) is 6.20 Å². The Kier molecular flexibility index (Phi) is 5.63. The van der Waals surface area contributed by atoms with Crippen LogP contribution in [-0.4, -0.2) is 34.9 Å². The van der Waals surface area contributed by atoms with Gasteiger partial charge in [-0.3, -0.25) is 14.6 Å². The van der Waals surface area contributed by atoms with Crippen LogP contribution in [0.3, 0.4) is 0 Å². The number of unbranched alkanes of at least 4 members (excludes halogenated alkanes) is 1. The number of pyridine rings is 1. The van der Waals surface area contributed by atoms with Gasteiger partial charge in [-0.1, -0.05) is 12.1 Å². The van der Waals surface area contributed by atoms with Crippen molar-refractivity contribution < 1.29 is 9.59 Å². The Morgan fingerprint density at radius 3 is 2.46 bits per heavy atom. The maximum Gasteiger partial charge on any atom is 0.251 e. The molecule has 2 aromatic heterocycles. The van der Waals surface area contributed by atoms with E-state index in [1.807, 2.05) is 42.6 Å². The molecule has 0 saturated heterocycles. The first kappa shape index (κ1) is 17.7. The van der Waals surface area contributed by atoms with E-state index >= 15 is 0 Å². The Balaban J connectivity index is 1.56. The maximum absolute atomic E-state index is 12.2. The third-order valence-electron chi connectivity index (χ3n) is 4.16. The van der Waals surface area contributed by atoms with Gasteiger partial charge in [0.15, 0.2) is 0 Å². The predicted molar refractivity (Wildman–Crippen MR) is 102 cm³/mol. The van der Waals surface area contributed by atoms with Crippen molar-refractivity contribution >= 4 is 22.7 Å². The number of hydrogen-bond donors (Lipinski definition) is 3. The van der Waals surface area contributed by atoms with E-state index in [-0.39, 0.29) is 11.8 Å². The quantitative estimate of drug-likeness (QED) is 0.573. The first-order valence-electron chi connectivity index (χ1n) is 8.70. The largest absolute Gasteiger partial charge is 0.361 e. The number of nitrogens with zero attached hydrogens (tertiary/aromatic N) is 1. The molecule has 134 valence electrons. The van der Waals surface area contributed by atoms with Crippen LogP contribution < -0.4 is 10.6 Å². The summed E-state index contributed by atoms with van der Waals surface area (Å²) in [6, 6.07) is 11.4. The minimum absolute atomic E-state index is 0.0288. The molecule has 0 bridgehead atoms. The summed E-state index contributed by atoms with van der Waals surface area (Å²) in [5.41, 5.74) is 3.53. The number of fused-ring (bicyclic) bond motifs is 1. The summed E-state index contributed by atoms with van der Waals surface area (Å²) in [4.78, 5) is 30.6. The van der Waals surface area contributed by atoms with Gasteiger partial charge in [0.2, 0.25) is 5.91 Å².